The molecule has 1 aromatic heterocycles. The monoisotopic (exact) mass is 351 g/mol. The molecular formula is C11H15Br2NS. The van der Waals surface area contributed by atoms with Crippen LogP contribution in [0.2, 0.25) is 0 Å². The Morgan fingerprint density at radius 1 is 1.60 bits per heavy atom. The number of nitrogens with one attached hydrogen (secondary N) is 1. The minimum absolute atomic E-state index is 0.432. The fraction of sp³-hybridized carbons (Fsp3) is 0.455. The van der Waals surface area contributed by atoms with Gasteiger partial charge in [-0.25, -0.2) is 0 Å². The van der Waals surface area contributed by atoms with Gasteiger partial charge in [-0.15, -0.1) is 17.9 Å². The lowest BCUT2D eigenvalue weighted by atomic mass is 10.0. The van der Waals surface area contributed by atoms with Crippen LogP contribution in [0.15, 0.2) is 26.3 Å². The van der Waals surface area contributed by atoms with Gasteiger partial charge in [0.05, 0.1) is 7.57 Å². The van der Waals surface area contributed by atoms with Crippen molar-refractivity contribution in [2.45, 2.75) is 25.3 Å². The largest absolute Gasteiger partial charge is 0.313 e. The number of unbranched alkanes of at least 4 members (excludes halogenated alkanes) is 1. The van der Waals surface area contributed by atoms with Crippen molar-refractivity contribution in [1.82, 2.24) is 5.32 Å². The Morgan fingerprint density at radius 3 is 2.80 bits per heavy atom. The quantitative estimate of drug-likeness (QED) is 0.567. The highest BCUT2D eigenvalue weighted by atomic mass is 79.9. The highest BCUT2D eigenvalue weighted by Crippen LogP contribution is 2.36. The highest BCUT2D eigenvalue weighted by Gasteiger charge is 2.14. The molecule has 1 N–H and O–H groups in total. The molecule has 0 aliphatic rings. The second-order valence-corrected chi connectivity index (χ2v) is 7.09. The molecule has 0 aromatic carbocycles. The first-order chi connectivity index (χ1) is 7.19. The van der Waals surface area contributed by atoms with Gasteiger partial charge < -0.3 is 5.32 Å². The molecule has 1 atom stereocenters. The van der Waals surface area contributed by atoms with Crippen molar-refractivity contribution in [3.63, 3.8) is 0 Å². The van der Waals surface area contributed by atoms with E-state index in [4.69, 9.17) is 0 Å². The fourth-order valence-corrected chi connectivity index (χ4v) is 4.49. The van der Waals surface area contributed by atoms with Crippen molar-refractivity contribution in [3.05, 3.63) is 31.9 Å². The van der Waals surface area contributed by atoms with Crippen LogP contribution in [0.3, 0.4) is 0 Å². The Kier molecular flexibility index (Phi) is 6.12. The first kappa shape index (κ1) is 13.4. The normalized spacial score (nSPS) is 12.7. The molecule has 0 saturated heterocycles. The second kappa shape index (κ2) is 6.84. The van der Waals surface area contributed by atoms with Crippen molar-refractivity contribution >= 4 is 43.2 Å². The molecule has 0 spiro atoms. The zero-order chi connectivity index (χ0) is 11.3. The van der Waals surface area contributed by atoms with Crippen LogP contribution in [0.5, 0.6) is 0 Å². The van der Waals surface area contributed by atoms with Gasteiger partial charge in [-0.2, -0.15) is 0 Å². The van der Waals surface area contributed by atoms with Gasteiger partial charge >= 0.3 is 0 Å². The third-order valence-corrected chi connectivity index (χ3v) is 4.69. The molecule has 0 saturated carbocycles. The maximum atomic E-state index is 3.74. The zero-order valence-electron chi connectivity index (χ0n) is 8.72. The van der Waals surface area contributed by atoms with Crippen molar-refractivity contribution in [2.75, 3.05) is 7.05 Å². The molecule has 1 aromatic rings. The zero-order valence-corrected chi connectivity index (χ0v) is 12.7. The molecule has 4 heteroatoms. The van der Waals surface area contributed by atoms with Gasteiger partial charge in [-0.05, 0) is 69.8 Å². The first-order valence-corrected chi connectivity index (χ1v) is 7.32. The molecule has 1 rings (SSSR count). The summed E-state index contributed by atoms with van der Waals surface area (Å²) < 4.78 is 2.39. The van der Waals surface area contributed by atoms with Crippen LogP contribution in [0.4, 0.5) is 0 Å². The molecule has 0 amide bonds. The van der Waals surface area contributed by atoms with E-state index in [1.165, 1.54) is 19.6 Å². The van der Waals surface area contributed by atoms with Gasteiger partial charge in [0.1, 0.15) is 0 Å². The van der Waals surface area contributed by atoms with Crippen molar-refractivity contribution in [1.29, 1.82) is 0 Å². The Labute approximate surface area is 112 Å². The molecule has 0 radical (unpaired) electrons. The van der Waals surface area contributed by atoms with Gasteiger partial charge in [0.15, 0.2) is 0 Å². The molecule has 1 nitrogen and oxygen atoms in total. The van der Waals surface area contributed by atoms with E-state index >= 15 is 0 Å². The summed E-state index contributed by atoms with van der Waals surface area (Å²) in [7, 11) is 2.01. The van der Waals surface area contributed by atoms with E-state index < -0.39 is 0 Å². The van der Waals surface area contributed by atoms with Crippen LogP contribution in [-0.2, 0) is 0 Å². The van der Waals surface area contributed by atoms with E-state index in [-0.39, 0.29) is 0 Å². The summed E-state index contributed by atoms with van der Waals surface area (Å²) in [4.78, 5) is 0. The van der Waals surface area contributed by atoms with E-state index in [2.05, 4.69) is 49.8 Å². The summed E-state index contributed by atoms with van der Waals surface area (Å²) >= 11 is 8.83. The Hall–Kier alpha value is 0.360. The summed E-state index contributed by atoms with van der Waals surface area (Å²) in [5.74, 6) is 0. The summed E-state index contributed by atoms with van der Waals surface area (Å²) in [6.07, 6.45) is 5.38. The minimum Gasteiger partial charge on any atom is -0.313 e. The molecule has 0 fully saturated rings. The van der Waals surface area contributed by atoms with Crippen LogP contribution >= 0.6 is 43.2 Å². The van der Waals surface area contributed by atoms with Crippen molar-refractivity contribution in [2.24, 2.45) is 0 Å². The lowest BCUT2D eigenvalue weighted by molar-refractivity contribution is 0.530. The van der Waals surface area contributed by atoms with E-state index in [0.717, 1.165) is 12.8 Å². The van der Waals surface area contributed by atoms with Crippen molar-refractivity contribution < 1.29 is 0 Å². The SMILES string of the molecule is C=CCCCC(NC)c1cc(Br)sc1Br. The summed E-state index contributed by atoms with van der Waals surface area (Å²) in [6.45, 7) is 3.74. The minimum atomic E-state index is 0.432. The lowest BCUT2D eigenvalue weighted by Gasteiger charge is -2.15. The smallest absolute Gasteiger partial charge is 0.0758 e. The summed E-state index contributed by atoms with van der Waals surface area (Å²) in [5, 5.41) is 3.35. The van der Waals surface area contributed by atoms with Crippen LogP contribution in [0.1, 0.15) is 30.9 Å². The summed E-state index contributed by atoms with van der Waals surface area (Å²) in [6, 6.07) is 2.62. The molecule has 0 aliphatic heterocycles. The van der Waals surface area contributed by atoms with Gasteiger partial charge in [-0.3, -0.25) is 0 Å². The van der Waals surface area contributed by atoms with Crippen molar-refractivity contribution in [3.8, 4) is 0 Å². The molecule has 0 aliphatic carbocycles. The van der Waals surface area contributed by atoms with E-state index in [1.807, 2.05) is 13.1 Å². The molecular weight excluding hydrogens is 338 g/mol. The van der Waals surface area contributed by atoms with E-state index in [9.17, 15) is 0 Å². The lowest BCUT2D eigenvalue weighted by Crippen LogP contribution is -2.15. The molecule has 84 valence electrons. The van der Waals surface area contributed by atoms with Crippen LogP contribution in [0, 0.1) is 0 Å². The van der Waals surface area contributed by atoms with E-state index in [1.54, 1.807) is 11.3 Å². The Morgan fingerprint density at radius 2 is 2.33 bits per heavy atom. The highest BCUT2D eigenvalue weighted by molar-refractivity contribution is 9.12. The average molecular weight is 353 g/mol. The number of allylic oxidation sites excluding steroid dienone is 1. The second-order valence-electron chi connectivity index (χ2n) is 3.34. The molecule has 0 bridgehead atoms. The van der Waals surface area contributed by atoms with Crippen LogP contribution in [-0.4, -0.2) is 7.05 Å². The van der Waals surface area contributed by atoms with E-state index in [0.29, 0.717) is 6.04 Å². The number of halogens is 2. The third kappa shape index (κ3) is 4.02. The van der Waals surface area contributed by atoms with Crippen LogP contribution in [0.25, 0.3) is 0 Å². The van der Waals surface area contributed by atoms with Gasteiger partial charge in [0, 0.05) is 6.04 Å². The summed E-state index contributed by atoms with van der Waals surface area (Å²) in [5.41, 5.74) is 1.35. The maximum Gasteiger partial charge on any atom is 0.0758 e. The standard InChI is InChI=1S/C11H15Br2NS/c1-3-4-5-6-9(14-2)8-7-10(12)15-11(8)13/h3,7,9,14H,1,4-6H2,2H3. The Bertz CT molecular complexity index is 322. The third-order valence-electron chi connectivity index (χ3n) is 2.31. The molecule has 15 heavy (non-hydrogen) atoms. The van der Waals surface area contributed by atoms with Gasteiger partial charge in [0.25, 0.3) is 0 Å². The number of thiophene rings is 1. The number of rotatable bonds is 6. The average Bonchev–Trinajstić information content (AvgIpc) is 2.53. The molecule has 1 unspecified atom stereocenters. The van der Waals surface area contributed by atoms with Gasteiger partial charge in [0.2, 0.25) is 0 Å². The predicted molar refractivity (Wildman–Crippen MR) is 75.6 cm³/mol. The Balaban J connectivity index is 2.65. The van der Waals surface area contributed by atoms with Crippen LogP contribution < -0.4 is 5.32 Å². The first-order valence-electron chi connectivity index (χ1n) is 4.92. The topological polar surface area (TPSA) is 12.0 Å². The molecule has 1 heterocycles. The predicted octanol–water partition coefficient (Wildman–Crippen LogP) is 4.89. The number of hydrogen-bond acceptors (Lipinski definition) is 2. The fourth-order valence-electron chi connectivity index (χ4n) is 1.51. The maximum absolute atomic E-state index is 3.74. The van der Waals surface area contributed by atoms with Gasteiger partial charge in [-0.1, -0.05) is 6.08 Å². The number of hydrogen-bond donors (Lipinski definition) is 1.